The van der Waals surface area contributed by atoms with Crippen LogP contribution in [0.25, 0.3) is 0 Å². The van der Waals surface area contributed by atoms with Crippen molar-refractivity contribution in [2.45, 2.75) is 24.9 Å². The highest BCUT2D eigenvalue weighted by Gasteiger charge is 2.22. The molecule has 1 heterocycles. The van der Waals surface area contributed by atoms with E-state index in [1.807, 2.05) is 30.3 Å². The van der Waals surface area contributed by atoms with E-state index in [1.54, 1.807) is 6.20 Å². The highest BCUT2D eigenvalue weighted by Crippen LogP contribution is 2.03. The first-order valence-corrected chi connectivity index (χ1v) is 6.92. The van der Waals surface area contributed by atoms with Crippen LogP contribution in [-0.2, 0) is 22.4 Å². The number of amides is 2. The molecule has 2 atom stereocenters. The van der Waals surface area contributed by atoms with Crippen LogP contribution in [0.5, 0.6) is 0 Å². The number of benzene rings is 1. The van der Waals surface area contributed by atoms with Crippen molar-refractivity contribution in [2.75, 3.05) is 0 Å². The molecule has 0 bridgehead atoms. The second-order valence-corrected chi connectivity index (χ2v) is 5.04. The predicted molar refractivity (Wildman–Crippen MR) is 81.5 cm³/mol. The summed E-state index contributed by atoms with van der Waals surface area (Å²) >= 11 is 0. The van der Waals surface area contributed by atoms with E-state index in [2.05, 4.69) is 15.3 Å². The van der Waals surface area contributed by atoms with Gasteiger partial charge in [0.15, 0.2) is 0 Å². The molecule has 7 heteroatoms. The molecule has 1 aromatic carbocycles. The van der Waals surface area contributed by atoms with Crippen molar-refractivity contribution >= 4 is 11.8 Å². The Labute approximate surface area is 128 Å². The first-order valence-electron chi connectivity index (χ1n) is 6.92. The highest BCUT2D eigenvalue weighted by atomic mass is 16.2. The van der Waals surface area contributed by atoms with Crippen LogP contribution in [0.3, 0.4) is 0 Å². The van der Waals surface area contributed by atoms with E-state index in [4.69, 9.17) is 11.5 Å². The molecule has 0 aliphatic rings. The summed E-state index contributed by atoms with van der Waals surface area (Å²) in [5.74, 6) is -1.03. The molecule has 7 nitrogen and oxygen atoms in total. The third kappa shape index (κ3) is 4.42. The van der Waals surface area contributed by atoms with Gasteiger partial charge in [-0.05, 0) is 12.0 Å². The Morgan fingerprint density at radius 3 is 2.55 bits per heavy atom. The fourth-order valence-corrected chi connectivity index (χ4v) is 2.08. The summed E-state index contributed by atoms with van der Waals surface area (Å²) in [4.78, 5) is 30.3. The number of H-pyrrole nitrogens is 1. The van der Waals surface area contributed by atoms with Gasteiger partial charge >= 0.3 is 0 Å². The molecular formula is C15H19N5O2. The van der Waals surface area contributed by atoms with E-state index in [9.17, 15) is 9.59 Å². The predicted octanol–water partition coefficient (Wildman–Crippen LogP) is -0.508. The van der Waals surface area contributed by atoms with Gasteiger partial charge in [-0.15, -0.1) is 0 Å². The summed E-state index contributed by atoms with van der Waals surface area (Å²) in [5, 5.41) is 2.59. The van der Waals surface area contributed by atoms with Gasteiger partial charge in [0.1, 0.15) is 6.04 Å². The Morgan fingerprint density at radius 2 is 1.95 bits per heavy atom. The zero-order valence-electron chi connectivity index (χ0n) is 12.0. The monoisotopic (exact) mass is 301 g/mol. The molecule has 0 spiro atoms. The Kier molecular flexibility index (Phi) is 5.26. The molecule has 0 radical (unpaired) electrons. The van der Waals surface area contributed by atoms with E-state index in [0.29, 0.717) is 12.1 Å². The third-order valence-corrected chi connectivity index (χ3v) is 3.27. The van der Waals surface area contributed by atoms with Gasteiger partial charge in [-0.2, -0.15) is 0 Å². The lowest BCUT2D eigenvalue weighted by Crippen LogP contribution is -2.51. The van der Waals surface area contributed by atoms with E-state index in [1.165, 1.54) is 6.33 Å². The zero-order valence-corrected chi connectivity index (χ0v) is 12.0. The Hall–Kier alpha value is -2.67. The van der Waals surface area contributed by atoms with Crippen LogP contribution in [0.1, 0.15) is 11.3 Å². The molecule has 0 saturated carbocycles. The number of nitrogens with one attached hydrogen (secondary N) is 2. The summed E-state index contributed by atoms with van der Waals surface area (Å²) in [6.45, 7) is 0. The fraction of sp³-hybridized carbons (Fsp3) is 0.267. The van der Waals surface area contributed by atoms with Crippen molar-refractivity contribution in [3.63, 3.8) is 0 Å². The van der Waals surface area contributed by atoms with E-state index in [0.717, 1.165) is 5.56 Å². The summed E-state index contributed by atoms with van der Waals surface area (Å²) in [5.41, 5.74) is 12.9. The van der Waals surface area contributed by atoms with Gasteiger partial charge in [-0.3, -0.25) is 9.59 Å². The molecule has 1 aromatic heterocycles. The maximum atomic E-state index is 12.1. The van der Waals surface area contributed by atoms with Gasteiger partial charge in [-0.1, -0.05) is 30.3 Å². The van der Waals surface area contributed by atoms with Crippen LogP contribution in [0.4, 0.5) is 0 Å². The van der Waals surface area contributed by atoms with Gasteiger partial charge in [0.25, 0.3) is 0 Å². The molecule has 116 valence electrons. The summed E-state index contributed by atoms with van der Waals surface area (Å²) in [6, 6.07) is 7.87. The second kappa shape index (κ2) is 7.37. The molecule has 2 amide bonds. The average molecular weight is 301 g/mol. The topological polar surface area (TPSA) is 127 Å². The van der Waals surface area contributed by atoms with Crippen molar-refractivity contribution < 1.29 is 9.59 Å². The van der Waals surface area contributed by atoms with E-state index in [-0.39, 0.29) is 6.42 Å². The number of aromatic nitrogens is 2. The third-order valence-electron chi connectivity index (χ3n) is 3.27. The normalized spacial score (nSPS) is 13.3. The van der Waals surface area contributed by atoms with Gasteiger partial charge in [0.2, 0.25) is 11.8 Å². The Morgan fingerprint density at radius 1 is 1.23 bits per heavy atom. The fourth-order valence-electron chi connectivity index (χ4n) is 2.08. The number of primary amides is 1. The number of hydrogen-bond acceptors (Lipinski definition) is 4. The quantitative estimate of drug-likeness (QED) is 0.549. The van der Waals surface area contributed by atoms with E-state index < -0.39 is 23.9 Å². The molecule has 0 saturated heterocycles. The first-order chi connectivity index (χ1) is 10.6. The van der Waals surface area contributed by atoms with Gasteiger partial charge in [0, 0.05) is 18.3 Å². The van der Waals surface area contributed by atoms with Crippen molar-refractivity contribution in [1.82, 2.24) is 15.3 Å². The standard InChI is InChI=1S/C15H19N5O2/c16-12(6-10-4-2-1-3-5-10)15(22)20-13(14(17)21)7-11-8-18-9-19-11/h1-5,8-9,12-13H,6-7,16H2,(H2,17,21)(H,18,19)(H,20,22)/t12-,13+/m0/s1. The molecule has 0 aliphatic heterocycles. The maximum Gasteiger partial charge on any atom is 0.240 e. The van der Waals surface area contributed by atoms with Crippen LogP contribution in [0.2, 0.25) is 0 Å². The number of hydrogen-bond donors (Lipinski definition) is 4. The van der Waals surface area contributed by atoms with Crippen molar-refractivity contribution in [2.24, 2.45) is 11.5 Å². The molecule has 0 aliphatic carbocycles. The van der Waals surface area contributed by atoms with Gasteiger partial charge in [0.05, 0.1) is 12.4 Å². The minimum atomic E-state index is -0.824. The molecule has 6 N–H and O–H groups in total. The average Bonchev–Trinajstić information content (AvgIpc) is 3.00. The van der Waals surface area contributed by atoms with E-state index >= 15 is 0 Å². The number of aromatic amines is 1. The SMILES string of the molecule is NC(=O)[C@@H](Cc1cnc[nH]1)NC(=O)[C@@H](N)Cc1ccccc1. The number of nitrogens with zero attached hydrogens (tertiary/aromatic N) is 1. The first kappa shape index (κ1) is 15.7. The molecule has 2 rings (SSSR count). The molecule has 2 aromatic rings. The minimum Gasteiger partial charge on any atom is -0.368 e. The number of carbonyl (C=O) groups excluding carboxylic acids is 2. The highest BCUT2D eigenvalue weighted by molar-refractivity contribution is 5.89. The lowest BCUT2D eigenvalue weighted by molar-refractivity contribution is -0.128. The van der Waals surface area contributed by atoms with Crippen LogP contribution in [0.15, 0.2) is 42.9 Å². The van der Waals surface area contributed by atoms with Crippen LogP contribution in [-0.4, -0.2) is 33.9 Å². The second-order valence-electron chi connectivity index (χ2n) is 5.04. The van der Waals surface area contributed by atoms with Crippen molar-refractivity contribution in [3.05, 3.63) is 54.1 Å². The van der Waals surface area contributed by atoms with Crippen LogP contribution < -0.4 is 16.8 Å². The van der Waals surface area contributed by atoms with Crippen molar-refractivity contribution in [3.8, 4) is 0 Å². The van der Waals surface area contributed by atoms with Crippen LogP contribution >= 0.6 is 0 Å². The molecular weight excluding hydrogens is 282 g/mol. The summed E-state index contributed by atoms with van der Waals surface area (Å²) in [6.07, 6.45) is 3.71. The number of carbonyl (C=O) groups is 2. The Balaban J connectivity index is 1.94. The Bertz CT molecular complexity index is 612. The smallest absolute Gasteiger partial charge is 0.240 e. The lowest BCUT2D eigenvalue weighted by Gasteiger charge is -2.18. The lowest BCUT2D eigenvalue weighted by atomic mass is 10.0. The molecule has 22 heavy (non-hydrogen) atoms. The molecule has 0 unspecified atom stereocenters. The largest absolute Gasteiger partial charge is 0.368 e. The maximum absolute atomic E-state index is 12.1. The van der Waals surface area contributed by atoms with Crippen molar-refractivity contribution in [1.29, 1.82) is 0 Å². The van der Waals surface area contributed by atoms with Crippen LogP contribution in [0, 0.1) is 0 Å². The van der Waals surface area contributed by atoms with Gasteiger partial charge in [-0.25, -0.2) is 4.98 Å². The number of imidazole rings is 1. The summed E-state index contributed by atoms with van der Waals surface area (Å²) in [7, 11) is 0. The molecule has 0 fully saturated rings. The summed E-state index contributed by atoms with van der Waals surface area (Å²) < 4.78 is 0. The number of nitrogens with two attached hydrogens (primary N) is 2. The zero-order chi connectivity index (χ0) is 15.9. The van der Waals surface area contributed by atoms with Gasteiger partial charge < -0.3 is 21.8 Å². The minimum absolute atomic E-state index is 0.249. The number of rotatable bonds is 7.